The molecule has 1 fully saturated rings. The molecule has 2 N–H and O–H groups in total. The van der Waals surface area contributed by atoms with E-state index >= 15 is 0 Å². The van der Waals surface area contributed by atoms with Crippen LogP contribution in [0, 0.1) is 0 Å². The van der Waals surface area contributed by atoms with Crippen LogP contribution in [0.25, 0.3) is 0 Å². The van der Waals surface area contributed by atoms with Crippen LogP contribution in [0.4, 0.5) is 0 Å². The van der Waals surface area contributed by atoms with Crippen molar-refractivity contribution < 1.29 is 8.42 Å². The fourth-order valence-corrected chi connectivity index (χ4v) is 2.48. The molecule has 0 unspecified atom stereocenters. The van der Waals surface area contributed by atoms with Crippen molar-refractivity contribution in [3.63, 3.8) is 0 Å². The number of hydrogen-bond donors (Lipinski definition) is 2. The maximum absolute atomic E-state index is 11.3. The molecule has 1 saturated heterocycles. The summed E-state index contributed by atoms with van der Waals surface area (Å²) in [5.41, 5.74) is 0. The molecule has 0 aromatic rings. The van der Waals surface area contributed by atoms with Gasteiger partial charge in [-0.2, -0.15) is 0 Å². The zero-order valence-corrected chi connectivity index (χ0v) is 8.15. The first kappa shape index (κ1) is 9.95. The van der Waals surface area contributed by atoms with Gasteiger partial charge in [-0.1, -0.05) is 13.3 Å². The Morgan fingerprint density at radius 3 is 2.58 bits per heavy atom. The van der Waals surface area contributed by atoms with Gasteiger partial charge >= 0.3 is 0 Å². The van der Waals surface area contributed by atoms with Gasteiger partial charge in [0.1, 0.15) is 0 Å². The molecule has 72 valence electrons. The second-order valence-electron chi connectivity index (χ2n) is 3.15. The molecule has 4 nitrogen and oxygen atoms in total. The third-order valence-electron chi connectivity index (χ3n) is 1.89. The molecule has 0 aromatic heterocycles. The minimum atomic E-state index is -2.99. The average molecular weight is 192 g/mol. The lowest BCUT2D eigenvalue weighted by atomic mass is 10.2. The second kappa shape index (κ2) is 4.20. The first-order chi connectivity index (χ1) is 5.64. The maximum Gasteiger partial charge on any atom is 0.211 e. The van der Waals surface area contributed by atoms with Gasteiger partial charge in [0.25, 0.3) is 0 Å². The van der Waals surface area contributed by atoms with Gasteiger partial charge in [0, 0.05) is 19.1 Å². The number of rotatable bonds is 5. The molecule has 0 atom stereocenters. The monoisotopic (exact) mass is 192 g/mol. The molecule has 12 heavy (non-hydrogen) atoms. The first-order valence-electron chi connectivity index (χ1n) is 4.35. The standard InChI is InChI=1S/C7H16N2O2S/c1-2-3-4-12(10,11)9-7-5-8-6-7/h7-9H,2-6H2,1H3. The molecule has 1 heterocycles. The van der Waals surface area contributed by atoms with Gasteiger partial charge < -0.3 is 5.32 Å². The third kappa shape index (κ3) is 3.08. The Morgan fingerprint density at radius 2 is 2.17 bits per heavy atom. The topological polar surface area (TPSA) is 58.2 Å². The van der Waals surface area contributed by atoms with Crippen LogP contribution in [0.15, 0.2) is 0 Å². The van der Waals surface area contributed by atoms with Crippen LogP contribution in [0.1, 0.15) is 19.8 Å². The van der Waals surface area contributed by atoms with E-state index in [1.165, 1.54) is 0 Å². The van der Waals surface area contributed by atoms with Gasteiger partial charge in [-0.15, -0.1) is 0 Å². The van der Waals surface area contributed by atoms with Crippen LogP contribution in [0.5, 0.6) is 0 Å². The Kier molecular flexibility index (Phi) is 3.49. The molecule has 1 aliphatic heterocycles. The van der Waals surface area contributed by atoms with E-state index in [-0.39, 0.29) is 11.8 Å². The first-order valence-corrected chi connectivity index (χ1v) is 6.00. The lowest BCUT2D eigenvalue weighted by Crippen LogP contribution is -2.57. The summed E-state index contributed by atoms with van der Waals surface area (Å²) < 4.78 is 25.1. The highest BCUT2D eigenvalue weighted by Crippen LogP contribution is 1.98. The fourth-order valence-electron chi connectivity index (χ4n) is 1.02. The highest BCUT2D eigenvalue weighted by atomic mass is 32.2. The molecular weight excluding hydrogens is 176 g/mol. The van der Waals surface area contributed by atoms with E-state index in [1.807, 2.05) is 6.92 Å². The summed E-state index contributed by atoms with van der Waals surface area (Å²) in [7, 11) is -2.99. The molecule has 0 bridgehead atoms. The quantitative estimate of drug-likeness (QED) is 0.627. The van der Waals surface area contributed by atoms with Crippen molar-refractivity contribution in [2.24, 2.45) is 0 Å². The summed E-state index contributed by atoms with van der Waals surface area (Å²) in [4.78, 5) is 0. The maximum atomic E-state index is 11.3. The van der Waals surface area contributed by atoms with E-state index in [1.54, 1.807) is 0 Å². The van der Waals surface area contributed by atoms with Gasteiger partial charge in [-0.25, -0.2) is 13.1 Å². The molecule has 1 aliphatic rings. The largest absolute Gasteiger partial charge is 0.313 e. The molecule has 0 saturated carbocycles. The average Bonchev–Trinajstić information content (AvgIpc) is 1.94. The third-order valence-corrected chi connectivity index (χ3v) is 3.41. The van der Waals surface area contributed by atoms with Gasteiger partial charge in [-0.3, -0.25) is 0 Å². The SMILES string of the molecule is CCCCS(=O)(=O)NC1CNC1. The number of unbranched alkanes of at least 4 members (excludes halogenated alkanes) is 1. The molecule has 0 aromatic carbocycles. The Hall–Kier alpha value is -0.130. The zero-order chi connectivity index (χ0) is 9.03. The minimum absolute atomic E-state index is 0.131. The molecule has 0 amide bonds. The Bertz CT molecular complexity index is 222. The molecule has 0 radical (unpaired) electrons. The minimum Gasteiger partial charge on any atom is -0.313 e. The smallest absolute Gasteiger partial charge is 0.211 e. The summed E-state index contributed by atoms with van der Waals surface area (Å²) >= 11 is 0. The summed E-state index contributed by atoms with van der Waals surface area (Å²) in [5.74, 6) is 0.264. The zero-order valence-electron chi connectivity index (χ0n) is 7.34. The van der Waals surface area contributed by atoms with Crippen LogP contribution < -0.4 is 10.0 Å². The van der Waals surface area contributed by atoms with Crippen molar-refractivity contribution in [2.45, 2.75) is 25.8 Å². The predicted molar refractivity (Wildman–Crippen MR) is 48.5 cm³/mol. The summed E-state index contributed by atoms with van der Waals surface area (Å²) in [6, 6.07) is 0.131. The van der Waals surface area contributed by atoms with Gasteiger partial charge in [-0.05, 0) is 6.42 Å². The number of hydrogen-bond acceptors (Lipinski definition) is 3. The van der Waals surface area contributed by atoms with Crippen LogP contribution in [-0.2, 0) is 10.0 Å². The summed E-state index contributed by atoms with van der Waals surface area (Å²) in [6.07, 6.45) is 1.67. The Morgan fingerprint density at radius 1 is 1.50 bits per heavy atom. The van der Waals surface area contributed by atoms with E-state index < -0.39 is 10.0 Å². The lowest BCUT2D eigenvalue weighted by Gasteiger charge is -2.27. The Balaban J connectivity index is 2.27. The van der Waals surface area contributed by atoms with E-state index in [9.17, 15) is 8.42 Å². The van der Waals surface area contributed by atoms with Crippen LogP contribution in [-0.4, -0.2) is 33.3 Å². The van der Waals surface area contributed by atoms with E-state index in [2.05, 4.69) is 10.0 Å². The molecular formula is C7H16N2O2S. The van der Waals surface area contributed by atoms with Crippen LogP contribution in [0.2, 0.25) is 0 Å². The highest BCUT2D eigenvalue weighted by molar-refractivity contribution is 7.89. The molecule has 5 heteroatoms. The highest BCUT2D eigenvalue weighted by Gasteiger charge is 2.21. The Labute approximate surface area is 73.8 Å². The normalized spacial score (nSPS) is 19.1. The van der Waals surface area contributed by atoms with Crippen molar-refractivity contribution in [3.8, 4) is 0 Å². The van der Waals surface area contributed by atoms with Crippen molar-refractivity contribution in [3.05, 3.63) is 0 Å². The van der Waals surface area contributed by atoms with Crippen molar-refractivity contribution in [1.29, 1.82) is 0 Å². The van der Waals surface area contributed by atoms with Gasteiger partial charge in [0.2, 0.25) is 10.0 Å². The van der Waals surface area contributed by atoms with Gasteiger partial charge in [0.05, 0.1) is 5.75 Å². The van der Waals surface area contributed by atoms with Crippen molar-refractivity contribution >= 4 is 10.0 Å². The van der Waals surface area contributed by atoms with Crippen LogP contribution in [0.3, 0.4) is 0 Å². The van der Waals surface area contributed by atoms with E-state index in [0.717, 1.165) is 25.9 Å². The second-order valence-corrected chi connectivity index (χ2v) is 5.02. The van der Waals surface area contributed by atoms with Crippen molar-refractivity contribution in [2.75, 3.05) is 18.8 Å². The van der Waals surface area contributed by atoms with Gasteiger partial charge in [0.15, 0.2) is 0 Å². The molecule has 1 rings (SSSR count). The summed E-state index contributed by atoms with van der Waals surface area (Å²) in [5, 5.41) is 3.01. The fraction of sp³-hybridized carbons (Fsp3) is 1.00. The van der Waals surface area contributed by atoms with Crippen molar-refractivity contribution in [1.82, 2.24) is 10.0 Å². The lowest BCUT2D eigenvalue weighted by molar-refractivity contribution is 0.410. The molecule has 0 spiro atoms. The van der Waals surface area contributed by atoms with E-state index in [4.69, 9.17) is 0 Å². The van der Waals surface area contributed by atoms with Crippen LogP contribution >= 0.6 is 0 Å². The number of sulfonamides is 1. The summed E-state index contributed by atoms with van der Waals surface area (Å²) in [6.45, 7) is 3.52. The predicted octanol–water partition coefficient (Wildman–Crippen LogP) is -0.322. The van der Waals surface area contributed by atoms with E-state index in [0.29, 0.717) is 0 Å². The number of nitrogens with one attached hydrogen (secondary N) is 2. The molecule has 0 aliphatic carbocycles.